The minimum absolute atomic E-state index is 0.107. The standard InChI is InChI=1S/C26H26N4O3/c1-19(21-7-3-2-4-8-21)28-24(31)22-12-10-20(11-13-22)17-29-15-16-30(26(33)25(29)32)18-23-9-5-6-14-27-23/h2-14,19H,15-18H2,1H3,(H,28,31)/t19-/m0/s1. The Morgan fingerprint density at radius 3 is 2.15 bits per heavy atom. The van der Waals surface area contributed by atoms with Gasteiger partial charge in [-0.3, -0.25) is 19.4 Å². The summed E-state index contributed by atoms with van der Waals surface area (Å²) in [6, 6.07) is 22.3. The van der Waals surface area contributed by atoms with Crippen molar-refractivity contribution in [1.29, 1.82) is 0 Å². The van der Waals surface area contributed by atoms with Crippen LogP contribution in [0.1, 0.15) is 40.1 Å². The lowest BCUT2D eigenvalue weighted by Gasteiger charge is -2.33. The molecule has 1 aliphatic rings. The summed E-state index contributed by atoms with van der Waals surface area (Å²) in [5.41, 5.74) is 3.20. The van der Waals surface area contributed by atoms with Gasteiger partial charge in [0.15, 0.2) is 0 Å². The molecule has 1 saturated heterocycles. The summed E-state index contributed by atoms with van der Waals surface area (Å²) >= 11 is 0. The molecule has 7 heteroatoms. The fraction of sp³-hybridized carbons (Fsp3) is 0.231. The van der Waals surface area contributed by atoms with Crippen molar-refractivity contribution in [3.63, 3.8) is 0 Å². The molecule has 3 aromatic rings. The minimum atomic E-state index is -0.518. The Balaban J connectivity index is 1.33. The second kappa shape index (κ2) is 10.1. The number of benzene rings is 2. The van der Waals surface area contributed by atoms with E-state index in [1.807, 2.05) is 67.6 Å². The molecule has 0 saturated carbocycles. The van der Waals surface area contributed by atoms with Gasteiger partial charge in [0, 0.05) is 31.4 Å². The monoisotopic (exact) mass is 442 g/mol. The lowest BCUT2D eigenvalue weighted by atomic mass is 10.1. The predicted octanol–water partition coefficient (Wildman–Crippen LogP) is 2.94. The van der Waals surface area contributed by atoms with Gasteiger partial charge < -0.3 is 15.1 Å². The molecular weight excluding hydrogens is 416 g/mol. The molecule has 1 fully saturated rings. The second-order valence-corrected chi connectivity index (χ2v) is 8.08. The Morgan fingerprint density at radius 1 is 0.879 bits per heavy atom. The highest BCUT2D eigenvalue weighted by molar-refractivity contribution is 6.35. The number of carbonyl (C=O) groups is 3. The van der Waals surface area contributed by atoms with Gasteiger partial charge in [-0.1, -0.05) is 48.5 Å². The number of amides is 3. The quantitative estimate of drug-likeness (QED) is 0.571. The van der Waals surface area contributed by atoms with Crippen LogP contribution in [0.3, 0.4) is 0 Å². The minimum Gasteiger partial charge on any atom is -0.346 e. The van der Waals surface area contributed by atoms with Crippen LogP contribution >= 0.6 is 0 Å². The number of piperazine rings is 1. The first-order valence-corrected chi connectivity index (χ1v) is 10.9. The normalized spacial score (nSPS) is 14.8. The average Bonchev–Trinajstić information content (AvgIpc) is 2.85. The molecule has 1 atom stereocenters. The zero-order valence-electron chi connectivity index (χ0n) is 18.5. The molecule has 2 aromatic carbocycles. The molecule has 1 N–H and O–H groups in total. The fourth-order valence-corrected chi connectivity index (χ4v) is 3.79. The topological polar surface area (TPSA) is 82.6 Å². The van der Waals surface area contributed by atoms with E-state index in [-0.39, 0.29) is 11.9 Å². The van der Waals surface area contributed by atoms with Crippen molar-refractivity contribution < 1.29 is 14.4 Å². The maximum absolute atomic E-state index is 12.6. The Morgan fingerprint density at radius 2 is 1.52 bits per heavy atom. The summed E-state index contributed by atoms with van der Waals surface area (Å²) in [6.45, 7) is 3.50. The van der Waals surface area contributed by atoms with Crippen molar-refractivity contribution in [1.82, 2.24) is 20.1 Å². The molecule has 0 spiro atoms. The number of nitrogens with zero attached hydrogens (tertiary/aromatic N) is 3. The molecule has 0 aliphatic carbocycles. The number of pyridine rings is 1. The Labute approximate surface area is 193 Å². The molecule has 1 aliphatic heterocycles. The van der Waals surface area contributed by atoms with Gasteiger partial charge in [-0.25, -0.2) is 0 Å². The predicted molar refractivity (Wildman–Crippen MR) is 124 cm³/mol. The summed E-state index contributed by atoms with van der Waals surface area (Å²) in [5, 5.41) is 2.99. The zero-order valence-corrected chi connectivity index (χ0v) is 18.5. The zero-order chi connectivity index (χ0) is 23.2. The van der Waals surface area contributed by atoms with Gasteiger partial charge >= 0.3 is 11.8 Å². The van der Waals surface area contributed by atoms with Gasteiger partial charge in [0.1, 0.15) is 0 Å². The van der Waals surface area contributed by atoms with Crippen molar-refractivity contribution in [2.75, 3.05) is 13.1 Å². The van der Waals surface area contributed by atoms with Crippen LogP contribution in [0, 0.1) is 0 Å². The smallest absolute Gasteiger partial charge is 0.312 e. The molecule has 168 valence electrons. The third-order valence-corrected chi connectivity index (χ3v) is 5.71. The Bertz CT molecular complexity index is 1120. The molecule has 7 nitrogen and oxygen atoms in total. The molecule has 2 heterocycles. The molecular formula is C26H26N4O3. The average molecular weight is 443 g/mol. The van der Waals surface area contributed by atoms with Crippen LogP contribution in [0.2, 0.25) is 0 Å². The van der Waals surface area contributed by atoms with Crippen LogP contribution in [0.5, 0.6) is 0 Å². The number of hydrogen-bond donors (Lipinski definition) is 1. The van der Waals surface area contributed by atoms with Crippen LogP contribution in [0.25, 0.3) is 0 Å². The van der Waals surface area contributed by atoms with Crippen molar-refractivity contribution in [3.8, 4) is 0 Å². The van der Waals surface area contributed by atoms with Gasteiger partial charge in [-0.05, 0) is 42.3 Å². The summed E-state index contributed by atoms with van der Waals surface area (Å²) in [5.74, 6) is -1.19. The van der Waals surface area contributed by atoms with E-state index in [4.69, 9.17) is 0 Å². The van der Waals surface area contributed by atoms with Crippen LogP contribution in [-0.2, 0) is 22.7 Å². The maximum Gasteiger partial charge on any atom is 0.312 e. The highest BCUT2D eigenvalue weighted by Gasteiger charge is 2.32. The Kier molecular flexibility index (Phi) is 6.78. The number of carbonyl (C=O) groups excluding carboxylic acids is 3. The van der Waals surface area contributed by atoms with E-state index in [1.54, 1.807) is 23.2 Å². The third kappa shape index (κ3) is 5.44. The number of hydrogen-bond acceptors (Lipinski definition) is 4. The highest BCUT2D eigenvalue weighted by Crippen LogP contribution is 2.15. The van der Waals surface area contributed by atoms with Gasteiger partial charge in [-0.2, -0.15) is 0 Å². The lowest BCUT2D eigenvalue weighted by Crippen LogP contribution is -2.53. The summed E-state index contributed by atoms with van der Waals surface area (Å²) in [4.78, 5) is 45.0. The van der Waals surface area contributed by atoms with Gasteiger partial charge in [-0.15, -0.1) is 0 Å². The molecule has 4 rings (SSSR count). The van der Waals surface area contributed by atoms with E-state index in [2.05, 4.69) is 10.3 Å². The summed E-state index contributed by atoms with van der Waals surface area (Å²) in [6.07, 6.45) is 1.67. The van der Waals surface area contributed by atoms with E-state index in [1.165, 1.54) is 4.90 Å². The summed E-state index contributed by atoms with van der Waals surface area (Å²) in [7, 11) is 0. The lowest BCUT2D eigenvalue weighted by molar-refractivity contribution is -0.156. The first-order chi connectivity index (χ1) is 16.0. The van der Waals surface area contributed by atoms with Crippen LogP contribution in [0.4, 0.5) is 0 Å². The van der Waals surface area contributed by atoms with Crippen molar-refractivity contribution in [3.05, 3.63) is 101 Å². The second-order valence-electron chi connectivity index (χ2n) is 8.08. The van der Waals surface area contributed by atoms with Crippen LogP contribution in [-0.4, -0.2) is 45.6 Å². The number of aromatic nitrogens is 1. The molecule has 3 amide bonds. The van der Waals surface area contributed by atoms with E-state index in [0.29, 0.717) is 31.7 Å². The van der Waals surface area contributed by atoms with Crippen molar-refractivity contribution in [2.45, 2.75) is 26.1 Å². The van der Waals surface area contributed by atoms with E-state index in [0.717, 1.165) is 16.8 Å². The van der Waals surface area contributed by atoms with Crippen LogP contribution < -0.4 is 5.32 Å². The largest absolute Gasteiger partial charge is 0.346 e. The fourth-order valence-electron chi connectivity index (χ4n) is 3.79. The van der Waals surface area contributed by atoms with Gasteiger partial charge in [0.2, 0.25) is 0 Å². The van der Waals surface area contributed by atoms with E-state index >= 15 is 0 Å². The first-order valence-electron chi connectivity index (χ1n) is 10.9. The first kappa shape index (κ1) is 22.2. The summed E-state index contributed by atoms with van der Waals surface area (Å²) < 4.78 is 0. The maximum atomic E-state index is 12.6. The molecule has 33 heavy (non-hydrogen) atoms. The number of nitrogens with one attached hydrogen (secondary N) is 1. The molecule has 0 bridgehead atoms. The molecule has 0 radical (unpaired) electrons. The van der Waals surface area contributed by atoms with Gasteiger partial charge in [0.25, 0.3) is 5.91 Å². The van der Waals surface area contributed by atoms with Crippen molar-refractivity contribution >= 4 is 17.7 Å². The van der Waals surface area contributed by atoms with Crippen LogP contribution in [0.15, 0.2) is 79.0 Å². The highest BCUT2D eigenvalue weighted by atomic mass is 16.2. The molecule has 0 unspecified atom stereocenters. The molecule has 1 aromatic heterocycles. The van der Waals surface area contributed by atoms with Gasteiger partial charge in [0.05, 0.1) is 18.3 Å². The SMILES string of the molecule is C[C@H](NC(=O)c1ccc(CN2CCN(Cc3ccccn3)C(=O)C2=O)cc1)c1ccccc1. The van der Waals surface area contributed by atoms with E-state index in [9.17, 15) is 14.4 Å². The Hall–Kier alpha value is -4.00. The third-order valence-electron chi connectivity index (χ3n) is 5.71. The van der Waals surface area contributed by atoms with E-state index < -0.39 is 11.8 Å². The van der Waals surface area contributed by atoms with Crippen molar-refractivity contribution in [2.24, 2.45) is 0 Å². The number of rotatable bonds is 7.